The molecule has 1 unspecified atom stereocenters. The molecule has 6 aromatic rings. The molecule has 0 amide bonds. The number of fused-ring (bicyclic) bond motifs is 2. The van der Waals surface area contributed by atoms with Gasteiger partial charge in [-0.1, -0.05) is 106 Å². The van der Waals surface area contributed by atoms with E-state index < -0.39 is 23.1 Å². The number of aliphatic hydroxyl groups excluding tert-OH is 4. The van der Waals surface area contributed by atoms with Crippen LogP contribution in [-0.4, -0.2) is 135 Å². The van der Waals surface area contributed by atoms with E-state index in [2.05, 4.69) is 101 Å². The Bertz CT molecular complexity index is 4080. The molecule has 1 aliphatic carbocycles. The summed E-state index contributed by atoms with van der Waals surface area (Å²) in [6.07, 6.45) is 21.2. The summed E-state index contributed by atoms with van der Waals surface area (Å²) >= 11 is 6.45. The van der Waals surface area contributed by atoms with Crippen molar-refractivity contribution in [3.8, 4) is 11.1 Å². The minimum atomic E-state index is -0.629. The third kappa shape index (κ3) is 35.2. The van der Waals surface area contributed by atoms with Crippen molar-refractivity contribution in [2.75, 3.05) is 32.8 Å². The molecule has 17 nitrogen and oxygen atoms in total. The molecule has 5 aliphatic rings. The maximum absolute atomic E-state index is 13.6. The third-order valence-electron chi connectivity index (χ3n) is 15.7. The van der Waals surface area contributed by atoms with Crippen LogP contribution in [0, 0.1) is 62.3 Å². The number of hydrogen-bond donors (Lipinski definition) is 4. The molecule has 1 atom stereocenters. The summed E-state index contributed by atoms with van der Waals surface area (Å²) in [6.45, 7) is 28.1. The molecule has 8 N–H and O–H groups in total. The van der Waals surface area contributed by atoms with Gasteiger partial charge in [0.15, 0.2) is 0 Å². The van der Waals surface area contributed by atoms with Gasteiger partial charge >= 0.3 is 23.1 Å². The molecule has 5 heterocycles. The predicted octanol–water partition coefficient (Wildman–Crippen LogP) is 18.3. The number of ether oxygens (including phenoxy) is 1. The van der Waals surface area contributed by atoms with Crippen LogP contribution in [0.3, 0.4) is 0 Å². The van der Waals surface area contributed by atoms with Crippen molar-refractivity contribution in [2.45, 2.75) is 154 Å². The van der Waals surface area contributed by atoms with Crippen LogP contribution < -0.4 is 0 Å². The van der Waals surface area contributed by atoms with E-state index in [4.69, 9.17) is 60.9 Å². The van der Waals surface area contributed by atoms with Crippen LogP contribution in [0.2, 0.25) is 5.02 Å². The van der Waals surface area contributed by atoms with Crippen molar-refractivity contribution in [2.24, 2.45) is 36.2 Å². The van der Waals surface area contributed by atoms with Gasteiger partial charge < -0.3 is 40.1 Å². The van der Waals surface area contributed by atoms with Crippen LogP contribution in [0.1, 0.15) is 175 Å². The standard InChI is InChI=1S/C18H17ClN3O2.C17H20N.C14H12NO.C13H14F2N.4C5H8O2.4Ir/c1-18(2)10-14(22(23)24)11-21-17(18)13-3-4-15(16(19)9-13)12-5-7-20-8-6-12;1-17(2)10-5-11-18-16(17)15-9-8-13-6-3-4-7-14(13)12-15;1-2-5-12-10-13(7-6-11(12)4-1)14-15-8-3-9-16-14;1-13(2)6-3-7-16-12(13)10-5-4-9(14)8-11(10)15;4*1-4(6)3-5(2)7;;;;/h4-9,14H,10-11H2,1-2H3;3,6,8,12H,4-5,7,10-11H2,1-2H3;1-2,4-6,10H,3,8-9H2;4,8H,3,6-7H2,1-2H3;4*3,6H,1-2H3;;;;/q4*-1;;;;;;;;/p+4. The molecule has 1 aromatic heterocycles. The van der Waals surface area contributed by atoms with E-state index >= 15 is 0 Å². The number of allylic oxidation sites excluding steroid dienone is 9. The Hall–Kier alpha value is -7.28. The number of rotatable bonds is 10. The summed E-state index contributed by atoms with van der Waals surface area (Å²) in [7, 11) is 0. The van der Waals surface area contributed by atoms with E-state index in [1.165, 1.54) is 126 Å². The van der Waals surface area contributed by atoms with Gasteiger partial charge in [-0.2, -0.15) is 0 Å². The van der Waals surface area contributed by atoms with Crippen LogP contribution >= 0.6 is 11.6 Å². The van der Waals surface area contributed by atoms with Crippen molar-refractivity contribution in [1.29, 1.82) is 0 Å². The first-order valence-electron chi connectivity index (χ1n) is 33.7. The largest absolute Gasteiger partial charge is 0.520 e. The number of ketones is 4. The van der Waals surface area contributed by atoms with Gasteiger partial charge in [-0.25, -0.2) is 0 Å². The molecule has 24 heteroatoms. The summed E-state index contributed by atoms with van der Waals surface area (Å²) in [4.78, 5) is 66.4. The van der Waals surface area contributed by atoms with Crippen molar-refractivity contribution in [1.82, 2.24) is 4.98 Å². The average Bonchev–Trinajstić information content (AvgIpc) is 0.799. The summed E-state index contributed by atoms with van der Waals surface area (Å²) in [5.41, 5.74) is 10.3. The van der Waals surface area contributed by atoms with Gasteiger partial charge in [-0.15, -0.1) is 112 Å². The van der Waals surface area contributed by atoms with Crippen LogP contribution in [0.5, 0.6) is 0 Å². The Labute approximate surface area is 682 Å². The maximum atomic E-state index is 13.6. The number of nitrogens with zero attached hydrogens (tertiary/aromatic N) is 6. The number of aromatic nitrogens is 1. The molecule has 0 saturated carbocycles. The fraction of sp³-hybridized carbons (Fsp3) is 0.378. The van der Waals surface area contributed by atoms with Gasteiger partial charge in [-0.3, -0.25) is 48.0 Å². The molecule has 4 radical (unpaired) electrons. The van der Waals surface area contributed by atoms with Crippen LogP contribution in [0.15, 0.2) is 171 Å². The zero-order valence-corrected chi connectivity index (χ0v) is 72.8. The van der Waals surface area contributed by atoms with E-state index in [0.29, 0.717) is 29.3 Å². The number of nitro groups is 1. The normalized spacial score (nSPS) is 16.4. The van der Waals surface area contributed by atoms with Gasteiger partial charge in [0.1, 0.15) is 5.90 Å². The Morgan fingerprint density at radius 1 is 0.604 bits per heavy atom. The van der Waals surface area contributed by atoms with E-state index in [-0.39, 0.29) is 149 Å². The monoisotopic (exact) mass is 2190 g/mol. The summed E-state index contributed by atoms with van der Waals surface area (Å²) < 4.78 is 32.0. The van der Waals surface area contributed by atoms with Gasteiger partial charge in [0.25, 0.3) is 0 Å². The van der Waals surface area contributed by atoms with Gasteiger partial charge in [0.05, 0.1) is 88.2 Å². The molecule has 106 heavy (non-hydrogen) atoms. The van der Waals surface area contributed by atoms with E-state index in [1.807, 2.05) is 70.2 Å². The van der Waals surface area contributed by atoms with Crippen molar-refractivity contribution < 1.29 is 138 Å². The second kappa shape index (κ2) is 48.9. The molecule has 0 saturated heterocycles. The van der Waals surface area contributed by atoms with E-state index in [9.17, 15) is 18.9 Å². The number of halogens is 3. The number of aliphatic hydroxyl groups is 4. The molecular formula is C82H99ClF2Ir4N6O11. The number of carbonyl (C=O) groups excluding carboxylic acids is 4. The van der Waals surface area contributed by atoms with E-state index in [1.54, 1.807) is 12.4 Å². The summed E-state index contributed by atoms with van der Waals surface area (Å²) in [5, 5.41) is 47.7. The topological polar surface area (TPSA) is 281 Å². The number of hydrogen-bond acceptors (Lipinski definition) is 12. The second-order valence-corrected chi connectivity index (χ2v) is 27.3. The van der Waals surface area contributed by atoms with Crippen LogP contribution in [0.25, 0.3) is 28.0 Å². The Balaban J connectivity index is 0.00000123. The SMILES string of the molecule is CC(=[OH+])C=C(C)O.CC(=[OH+])C=C(C)O.CC(=[OH+])C=C(C)O.CC(=[OH+])C=C(C)O.CC1(C)CC([N+](=O)[O-])CN=C1c1[c-]cc(-c2ccncc2)c(Cl)c1.CC1(C)CCCN=C1c1[c-]cc(F)cc1F.CC1(C)CCCN=C1c1[c-]cc2c(c1)CCC=C2.[Ir].[Ir].[Ir].[Ir].[c-]1cc2ccccc2cc1C1=NCCCO1. The Morgan fingerprint density at radius 3 is 1.56 bits per heavy atom. The summed E-state index contributed by atoms with van der Waals surface area (Å²) in [5.74, 6) is 0.557. The Morgan fingerprint density at radius 2 is 1.09 bits per heavy atom. The average molecular weight is 2190 g/mol. The zero-order chi connectivity index (χ0) is 75.9. The van der Waals surface area contributed by atoms with Crippen molar-refractivity contribution in [3.63, 3.8) is 0 Å². The number of pyridine rings is 1. The van der Waals surface area contributed by atoms with Crippen LogP contribution in [0.4, 0.5) is 8.78 Å². The van der Waals surface area contributed by atoms with Gasteiger partial charge in [0, 0.05) is 135 Å². The Kier molecular flexibility index (Phi) is 45.5. The molecule has 0 spiro atoms. The number of aryl methyl sites for hydroxylation is 1. The van der Waals surface area contributed by atoms with Crippen LogP contribution in [-0.2, 0) is 91.6 Å². The minimum absolute atomic E-state index is 0. The fourth-order valence-electron chi connectivity index (χ4n) is 11.3. The minimum Gasteiger partial charge on any atom is -0.520 e. The first-order valence-corrected chi connectivity index (χ1v) is 34.0. The van der Waals surface area contributed by atoms with Gasteiger partial charge in [0.2, 0.25) is 6.04 Å². The smallest absolute Gasteiger partial charge is 0.316 e. The van der Waals surface area contributed by atoms with E-state index in [0.717, 1.165) is 97.8 Å². The van der Waals surface area contributed by atoms with Crippen molar-refractivity contribution in [3.05, 3.63) is 235 Å². The molecular weight excluding hydrogens is 2090 g/mol. The first-order chi connectivity index (χ1) is 48.0. The zero-order valence-electron chi connectivity index (χ0n) is 62.4. The number of benzene rings is 5. The predicted molar refractivity (Wildman–Crippen MR) is 412 cm³/mol. The van der Waals surface area contributed by atoms with Gasteiger partial charge in [-0.05, 0) is 123 Å². The molecule has 580 valence electrons. The first kappa shape index (κ1) is 98.7. The molecule has 5 aromatic carbocycles. The molecule has 11 rings (SSSR count). The maximum Gasteiger partial charge on any atom is 0.316 e. The second-order valence-electron chi connectivity index (χ2n) is 26.9. The summed E-state index contributed by atoms with van der Waals surface area (Å²) in [6, 6.07) is 38.2. The molecule has 0 bridgehead atoms. The third-order valence-corrected chi connectivity index (χ3v) is 16.0. The quantitative estimate of drug-likeness (QED) is 0.0255. The molecule has 0 fully saturated rings. The number of aliphatic imine (C=N–C) groups is 4. The van der Waals surface area contributed by atoms with Crippen molar-refractivity contribution >= 4 is 74.6 Å². The fourth-order valence-corrected chi connectivity index (χ4v) is 11.5. The molecule has 4 aliphatic heterocycles.